The molecular weight excluding hydrogens is 428 g/mol. The molecule has 0 amide bonds. The number of halogens is 2. The second-order valence-electron chi connectivity index (χ2n) is 9.21. The van der Waals surface area contributed by atoms with Crippen molar-refractivity contribution in [3.05, 3.63) is 59.3 Å². The van der Waals surface area contributed by atoms with Crippen LogP contribution >= 0.6 is 0 Å². The molecule has 2 heterocycles. The topological polar surface area (TPSA) is 71.7 Å². The van der Waals surface area contributed by atoms with E-state index in [1.54, 1.807) is 18.2 Å². The van der Waals surface area contributed by atoms with E-state index >= 15 is 0 Å². The Morgan fingerprint density at radius 2 is 1.64 bits per heavy atom. The maximum absolute atomic E-state index is 14.3. The molecule has 2 N–H and O–H groups in total. The van der Waals surface area contributed by atoms with Crippen molar-refractivity contribution in [3.8, 4) is 11.4 Å². The average molecular weight is 456 g/mol. The van der Waals surface area contributed by atoms with Gasteiger partial charge in [0.1, 0.15) is 5.75 Å². The predicted octanol–water partition coefficient (Wildman–Crippen LogP) is 5.87. The van der Waals surface area contributed by atoms with E-state index in [-0.39, 0.29) is 23.5 Å². The molecule has 0 unspecified atom stereocenters. The fraction of sp³-hybridized carbons (Fsp3) is 0.423. The Kier molecular flexibility index (Phi) is 5.83. The number of nitrogens with zero attached hydrogens (tertiary/aromatic N) is 1. The molecule has 1 aliphatic carbocycles. The number of carboxylic acid groups (broad SMARTS) is 1. The molecule has 5 rings (SSSR count). The first-order valence-corrected chi connectivity index (χ1v) is 11.6. The maximum Gasteiger partial charge on any atom is 0.306 e. The number of benzene rings is 2. The number of aromatic hydroxyl groups is 1. The molecule has 2 aliphatic rings. The lowest BCUT2D eigenvalue weighted by atomic mass is 9.76. The molecule has 1 saturated heterocycles. The van der Waals surface area contributed by atoms with Crippen LogP contribution in [-0.2, 0) is 9.53 Å². The summed E-state index contributed by atoms with van der Waals surface area (Å²) in [5.74, 6) is -2.45. The first-order chi connectivity index (χ1) is 15.9. The van der Waals surface area contributed by atoms with Gasteiger partial charge in [0.15, 0.2) is 11.6 Å². The number of aliphatic carboxylic acids is 1. The molecule has 1 aliphatic heterocycles. The Bertz CT molecular complexity index is 1190. The molecular formula is C26H27F2NO4. The quantitative estimate of drug-likeness (QED) is 0.516. The van der Waals surface area contributed by atoms with E-state index in [2.05, 4.69) is 0 Å². The summed E-state index contributed by atoms with van der Waals surface area (Å²) in [6, 6.07) is 9.11. The van der Waals surface area contributed by atoms with Crippen molar-refractivity contribution in [2.45, 2.75) is 50.4 Å². The monoisotopic (exact) mass is 455 g/mol. The zero-order chi connectivity index (χ0) is 23.1. The van der Waals surface area contributed by atoms with Gasteiger partial charge in [0.2, 0.25) is 0 Å². The lowest BCUT2D eigenvalue weighted by Crippen LogP contribution is -2.23. The molecule has 7 heteroatoms. The number of aromatic nitrogens is 1. The molecule has 0 bridgehead atoms. The van der Waals surface area contributed by atoms with Gasteiger partial charge in [0.05, 0.1) is 11.4 Å². The average Bonchev–Trinajstić information content (AvgIpc) is 3.15. The highest BCUT2D eigenvalue weighted by atomic mass is 19.2. The highest BCUT2D eigenvalue weighted by Gasteiger charge is 2.34. The summed E-state index contributed by atoms with van der Waals surface area (Å²) in [6.45, 7) is 1.25. The molecule has 5 nitrogen and oxygen atoms in total. The number of phenols is 1. The van der Waals surface area contributed by atoms with Crippen LogP contribution in [0.5, 0.6) is 5.75 Å². The van der Waals surface area contributed by atoms with E-state index in [1.807, 2.05) is 10.6 Å². The smallest absolute Gasteiger partial charge is 0.306 e. The number of phenolic OH excluding ortho intramolecular Hbond substituents is 1. The van der Waals surface area contributed by atoms with Crippen LogP contribution in [0.1, 0.15) is 61.6 Å². The van der Waals surface area contributed by atoms with Crippen molar-refractivity contribution in [3.63, 3.8) is 0 Å². The van der Waals surface area contributed by atoms with Gasteiger partial charge in [-0.05, 0) is 80.3 Å². The van der Waals surface area contributed by atoms with Crippen LogP contribution < -0.4 is 0 Å². The van der Waals surface area contributed by atoms with E-state index < -0.39 is 17.6 Å². The number of carbonyl (C=O) groups is 1. The van der Waals surface area contributed by atoms with Gasteiger partial charge in [-0.3, -0.25) is 4.79 Å². The molecule has 2 fully saturated rings. The molecule has 0 spiro atoms. The van der Waals surface area contributed by atoms with Crippen molar-refractivity contribution in [2.24, 2.45) is 5.92 Å². The fourth-order valence-corrected chi connectivity index (χ4v) is 5.66. The molecule has 1 saturated carbocycles. The third-order valence-corrected chi connectivity index (χ3v) is 7.28. The van der Waals surface area contributed by atoms with Crippen molar-refractivity contribution in [2.75, 3.05) is 13.2 Å². The summed E-state index contributed by atoms with van der Waals surface area (Å²) in [6.07, 6.45) is 4.29. The number of hydrogen-bond acceptors (Lipinski definition) is 3. The van der Waals surface area contributed by atoms with Gasteiger partial charge in [-0.2, -0.15) is 0 Å². The Balaban J connectivity index is 1.73. The van der Waals surface area contributed by atoms with Gasteiger partial charge >= 0.3 is 5.97 Å². The van der Waals surface area contributed by atoms with Crippen LogP contribution in [0.3, 0.4) is 0 Å². The first kappa shape index (κ1) is 21.9. The maximum atomic E-state index is 14.3. The van der Waals surface area contributed by atoms with Gasteiger partial charge in [-0.25, -0.2) is 8.78 Å². The van der Waals surface area contributed by atoms with Gasteiger partial charge in [0.25, 0.3) is 0 Å². The number of fused-ring (bicyclic) bond motifs is 1. The van der Waals surface area contributed by atoms with Crippen LogP contribution in [0.2, 0.25) is 0 Å². The third kappa shape index (κ3) is 3.99. The van der Waals surface area contributed by atoms with Gasteiger partial charge in [-0.15, -0.1) is 0 Å². The number of ether oxygens (including phenoxy) is 1. The normalized spacial score (nSPS) is 22.0. The summed E-state index contributed by atoms with van der Waals surface area (Å²) < 4.78 is 35.6. The van der Waals surface area contributed by atoms with Gasteiger partial charge < -0.3 is 19.5 Å². The largest absolute Gasteiger partial charge is 0.508 e. The van der Waals surface area contributed by atoms with E-state index in [4.69, 9.17) is 4.74 Å². The minimum atomic E-state index is -0.908. The summed E-state index contributed by atoms with van der Waals surface area (Å²) >= 11 is 0. The highest BCUT2D eigenvalue weighted by molar-refractivity contribution is 5.89. The van der Waals surface area contributed by atoms with E-state index in [0.717, 1.165) is 53.9 Å². The van der Waals surface area contributed by atoms with Crippen molar-refractivity contribution >= 4 is 16.9 Å². The molecule has 3 aromatic rings. The zero-order valence-electron chi connectivity index (χ0n) is 18.3. The Morgan fingerprint density at radius 3 is 2.30 bits per heavy atom. The predicted molar refractivity (Wildman–Crippen MR) is 120 cm³/mol. The van der Waals surface area contributed by atoms with Crippen molar-refractivity contribution < 1.29 is 28.5 Å². The highest BCUT2D eigenvalue weighted by Crippen LogP contribution is 2.47. The van der Waals surface area contributed by atoms with Crippen LogP contribution in [0.15, 0.2) is 36.4 Å². The van der Waals surface area contributed by atoms with E-state index in [0.29, 0.717) is 31.7 Å². The second-order valence-corrected chi connectivity index (χ2v) is 9.21. The van der Waals surface area contributed by atoms with Crippen LogP contribution in [-0.4, -0.2) is 34.0 Å². The summed E-state index contributed by atoms with van der Waals surface area (Å²) in [5.41, 5.74) is 3.51. The summed E-state index contributed by atoms with van der Waals surface area (Å²) in [7, 11) is 0. The number of hydrogen-bond donors (Lipinski definition) is 2. The molecule has 0 radical (unpaired) electrons. The second kappa shape index (κ2) is 8.78. The first-order valence-electron chi connectivity index (χ1n) is 11.6. The summed E-state index contributed by atoms with van der Waals surface area (Å²) in [5, 5.41) is 20.6. The van der Waals surface area contributed by atoms with Crippen molar-refractivity contribution in [1.29, 1.82) is 0 Å². The van der Waals surface area contributed by atoms with Crippen molar-refractivity contribution in [1.82, 2.24) is 4.57 Å². The summed E-state index contributed by atoms with van der Waals surface area (Å²) in [4.78, 5) is 11.5. The SMILES string of the molecule is O=C(O)[C@H]1CC[C@H](c2c(C3CCOCC3)n(-c3ccc(F)c(F)c3)c3ccc(O)cc32)CC1. The van der Waals surface area contributed by atoms with Crippen LogP contribution in [0, 0.1) is 17.6 Å². The molecule has 33 heavy (non-hydrogen) atoms. The number of rotatable bonds is 4. The van der Waals surface area contributed by atoms with E-state index in [1.165, 1.54) is 6.07 Å². The van der Waals surface area contributed by atoms with Crippen LogP contribution in [0.25, 0.3) is 16.6 Å². The lowest BCUT2D eigenvalue weighted by Gasteiger charge is -2.30. The molecule has 0 atom stereocenters. The fourth-order valence-electron chi connectivity index (χ4n) is 5.66. The number of carboxylic acids is 1. The minimum absolute atomic E-state index is 0.134. The Hall–Kier alpha value is -2.93. The molecule has 2 aromatic carbocycles. The lowest BCUT2D eigenvalue weighted by molar-refractivity contribution is -0.142. The molecule has 174 valence electrons. The Morgan fingerprint density at radius 1 is 0.909 bits per heavy atom. The standard InChI is InChI=1S/C26H27F2NO4/c27-21-7-5-18(13-22(21)28)29-23-8-6-19(30)14-20(23)24(25(29)16-9-11-33-12-10-16)15-1-3-17(4-2-15)26(31)32/h5-8,13-17,30H,1-4,9-12H2,(H,31,32)/t15-,17-. The van der Waals surface area contributed by atoms with Gasteiger partial charge in [-0.1, -0.05) is 0 Å². The van der Waals surface area contributed by atoms with Gasteiger partial charge in [0, 0.05) is 42.0 Å². The zero-order valence-corrected chi connectivity index (χ0v) is 18.3. The van der Waals surface area contributed by atoms with E-state index in [9.17, 15) is 23.8 Å². The third-order valence-electron chi connectivity index (χ3n) is 7.28. The Labute approximate surface area is 190 Å². The molecule has 1 aromatic heterocycles. The van der Waals surface area contributed by atoms with Crippen LogP contribution in [0.4, 0.5) is 8.78 Å². The minimum Gasteiger partial charge on any atom is -0.508 e.